The van der Waals surface area contributed by atoms with Crippen molar-refractivity contribution in [3.8, 4) is 0 Å². The van der Waals surface area contributed by atoms with Crippen LogP contribution in [0.2, 0.25) is 0 Å². The summed E-state index contributed by atoms with van der Waals surface area (Å²) in [5.41, 5.74) is -0.523. The second kappa shape index (κ2) is 25.1. The van der Waals surface area contributed by atoms with E-state index in [0.29, 0.717) is 37.3 Å². The Hall–Kier alpha value is -4.16. The minimum Gasteiger partial charge on any atom is -0.462 e. The van der Waals surface area contributed by atoms with E-state index in [1.54, 1.807) is 27.7 Å². The van der Waals surface area contributed by atoms with E-state index in [1.165, 1.54) is 6.92 Å². The molecular weight excluding hydrogens is 604 g/mol. The molecule has 0 aliphatic carbocycles. The Morgan fingerprint density at radius 3 is 1.52 bits per heavy atom. The average Bonchev–Trinajstić information content (AvgIpc) is 3.00. The molecule has 46 heavy (non-hydrogen) atoms. The number of esters is 5. The molecule has 262 valence electrons. The van der Waals surface area contributed by atoms with Crippen LogP contribution in [-0.4, -0.2) is 81.2 Å². The highest BCUT2D eigenvalue weighted by Gasteiger charge is 2.28. The Morgan fingerprint density at radius 1 is 0.696 bits per heavy atom. The molecule has 0 saturated heterocycles. The zero-order chi connectivity index (χ0) is 36.5. The van der Waals surface area contributed by atoms with Gasteiger partial charge >= 0.3 is 29.8 Å². The van der Waals surface area contributed by atoms with Gasteiger partial charge in [-0.3, -0.25) is 9.59 Å². The molecule has 0 aromatic rings. The molecule has 0 bridgehead atoms. The minimum atomic E-state index is -0.703. The molecule has 13 nitrogen and oxygen atoms in total. The lowest BCUT2D eigenvalue weighted by molar-refractivity contribution is -0.162. The summed E-state index contributed by atoms with van der Waals surface area (Å²) in [4.78, 5) is 86.1. The van der Waals surface area contributed by atoms with Crippen LogP contribution in [0.4, 0.5) is 0 Å². The lowest BCUT2D eigenvalue weighted by atomic mass is 9.91. The molecule has 0 heterocycles. The summed E-state index contributed by atoms with van der Waals surface area (Å²) in [7, 11) is 0. The summed E-state index contributed by atoms with van der Waals surface area (Å²) in [6.07, 6.45) is 3.11. The maximum absolute atomic E-state index is 11.6. The van der Waals surface area contributed by atoms with Crippen LogP contribution in [0.25, 0.3) is 0 Å². The maximum Gasteiger partial charge on any atom is 0.344 e. The van der Waals surface area contributed by atoms with Crippen molar-refractivity contribution in [2.75, 3.05) is 26.4 Å². The highest BCUT2D eigenvalue weighted by Crippen LogP contribution is 2.22. The number of hydrogen-bond acceptors (Lipinski definition) is 13. The fourth-order valence-corrected chi connectivity index (χ4v) is 2.22. The SMILES string of the molecule is C=C(C)C(=O)OC(C)COC(=O)C(C)(C)CC.C=C(C)C(=O)OCC(=O)OCCOC(=O)C(C)(C)CC.O=CCC(C=O)CC=O. The van der Waals surface area contributed by atoms with E-state index >= 15 is 0 Å². The van der Waals surface area contributed by atoms with Crippen LogP contribution in [0.3, 0.4) is 0 Å². The molecule has 0 amide bonds. The average molecular weight is 657 g/mol. The van der Waals surface area contributed by atoms with E-state index in [1.807, 2.05) is 27.7 Å². The van der Waals surface area contributed by atoms with Gasteiger partial charge in [-0.15, -0.1) is 0 Å². The molecule has 0 fully saturated rings. The quantitative estimate of drug-likeness (QED) is 0.0638. The number of ether oxygens (including phenoxy) is 5. The van der Waals surface area contributed by atoms with Crippen molar-refractivity contribution in [2.24, 2.45) is 16.7 Å². The number of hydrogen-bond donors (Lipinski definition) is 0. The highest BCUT2D eigenvalue weighted by molar-refractivity contribution is 5.88. The predicted octanol–water partition coefficient (Wildman–Crippen LogP) is 4.08. The molecule has 0 aromatic heterocycles. The van der Waals surface area contributed by atoms with Gasteiger partial charge in [0.2, 0.25) is 0 Å². The summed E-state index contributed by atoms with van der Waals surface area (Å²) >= 11 is 0. The topological polar surface area (TPSA) is 183 Å². The van der Waals surface area contributed by atoms with Gasteiger partial charge < -0.3 is 38.1 Å². The number of aldehydes is 3. The standard InChI is InChI=1S/C14H22O6.C13H22O4.C6H8O3/c1-6-14(4,5)13(17)19-8-7-18-11(15)9-20-12(16)10(2)3;1-7-13(5,6)12(15)16-8-10(4)17-11(14)9(2)3;7-3-1-6(5-9)2-4-8/h2,6-9H2,1,3-5H3;10H,2,7-8H2,1,3-6H3;3-6H,1-2H2. The molecule has 0 aromatic carbocycles. The molecule has 0 rings (SSSR count). The normalized spacial score (nSPS) is 11.1. The van der Waals surface area contributed by atoms with Gasteiger partial charge in [0.15, 0.2) is 6.61 Å². The monoisotopic (exact) mass is 656 g/mol. The Balaban J connectivity index is -0.000000644. The van der Waals surface area contributed by atoms with Gasteiger partial charge in [-0.1, -0.05) is 27.0 Å². The molecule has 0 N–H and O–H groups in total. The lowest BCUT2D eigenvalue weighted by Crippen LogP contribution is -2.30. The first-order valence-electron chi connectivity index (χ1n) is 14.8. The first kappa shape index (κ1) is 46.3. The van der Waals surface area contributed by atoms with E-state index in [4.69, 9.17) is 18.9 Å². The predicted molar refractivity (Wildman–Crippen MR) is 168 cm³/mol. The first-order chi connectivity index (χ1) is 21.3. The van der Waals surface area contributed by atoms with Crippen LogP contribution in [0, 0.1) is 16.7 Å². The van der Waals surface area contributed by atoms with Crippen molar-refractivity contribution in [1.82, 2.24) is 0 Å². The first-order valence-corrected chi connectivity index (χ1v) is 14.8. The van der Waals surface area contributed by atoms with Crippen molar-refractivity contribution in [2.45, 2.75) is 94.1 Å². The zero-order valence-corrected chi connectivity index (χ0v) is 28.8. The lowest BCUT2D eigenvalue weighted by Gasteiger charge is -2.21. The van der Waals surface area contributed by atoms with Gasteiger partial charge in [0.05, 0.1) is 10.8 Å². The van der Waals surface area contributed by atoms with Crippen LogP contribution in [0.5, 0.6) is 0 Å². The van der Waals surface area contributed by atoms with Crippen molar-refractivity contribution in [3.05, 3.63) is 24.3 Å². The summed E-state index contributed by atoms with van der Waals surface area (Å²) in [6.45, 7) is 22.1. The van der Waals surface area contributed by atoms with Crippen LogP contribution in [0.1, 0.15) is 88.0 Å². The molecule has 0 saturated carbocycles. The van der Waals surface area contributed by atoms with Gasteiger partial charge in [0.1, 0.15) is 44.8 Å². The van der Waals surface area contributed by atoms with Crippen LogP contribution in [-0.2, 0) is 62.0 Å². The van der Waals surface area contributed by atoms with E-state index in [0.717, 1.165) is 0 Å². The van der Waals surface area contributed by atoms with E-state index in [2.05, 4.69) is 17.9 Å². The largest absolute Gasteiger partial charge is 0.462 e. The maximum atomic E-state index is 11.6. The third-order valence-corrected chi connectivity index (χ3v) is 6.22. The molecule has 0 aliphatic heterocycles. The van der Waals surface area contributed by atoms with Gasteiger partial charge in [0, 0.05) is 29.9 Å². The Kier molecular flexibility index (Phi) is 25.2. The number of rotatable bonds is 19. The Bertz CT molecular complexity index is 1030. The summed E-state index contributed by atoms with van der Waals surface area (Å²) in [6, 6.07) is 0. The van der Waals surface area contributed by atoms with Gasteiger partial charge in [-0.25, -0.2) is 14.4 Å². The van der Waals surface area contributed by atoms with E-state index < -0.39 is 47.4 Å². The number of carbonyl (C=O) groups excluding carboxylic acids is 8. The zero-order valence-electron chi connectivity index (χ0n) is 28.8. The third kappa shape index (κ3) is 23.3. The fraction of sp³-hybridized carbons (Fsp3) is 0.636. The summed E-state index contributed by atoms with van der Waals surface area (Å²) < 4.78 is 24.4. The van der Waals surface area contributed by atoms with Gasteiger partial charge in [-0.2, -0.15) is 0 Å². The smallest absolute Gasteiger partial charge is 0.344 e. The van der Waals surface area contributed by atoms with Crippen LogP contribution >= 0.6 is 0 Å². The second-order valence-corrected chi connectivity index (χ2v) is 11.5. The number of carbonyl (C=O) groups is 8. The Morgan fingerprint density at radius 2 is 1.13 bits per heavy atom. The second-order valence-electron chi connectivity index (χ2n) is 11.5. The minimum absolute atomic E-state index is 0.0254. The van der Waals surface area contributed by atoms with Crippen LogP contribution < -0.4 is 0 Å². The van der Waals surface area contributed by atoms with Gasteiger partial charge in [0.25, 0.3) is 0 Å². The Labute approximate surface area is 272 Å². The molecule has 0 spiro atoms. The fourth-order valence-electron chi connectivity index (χ4n) is 2.22. The highest BCUT2D eigenvalue weighted by atomic mass is 16.6. The van der Waals surface area contributed by atoms with E-state index in [-0.39, 0.29) is 50.2 Å². The molecule has 0 aliphatic rings. The van der Waals surface area contributed by atoms with Crippen LogP contribution in [0.15, 0.2) is 24.3 Å². The molecule has 13 heteroatoms. The van der Waals surface area contributed by atoms with Gasteiger partial charge in [-0.05, 0) is 61.3 Å². The van der Waals surface area contributed by atoms with Crippen molar-refractivity contribution in [1.29, 1.82) is 0 Å². The molecule has 1 unspecified atom stereocenters. The molecule has 0 radical (unpaired) electrons. The van der Waals surface area contributed by atoms with E-state index in [9.17, 15) is 38.4 Å². The molecule has 1 atom stereocenters. The van der Waals surface area contributed by atoms with Crippen molar-refractivity contribution in [3.63, 3.8) is 0 Å². The van der Waals surface area contributed by atoms with Crippen molar-refractivity contribution >= 4 is 48.7 Å². The summed E-state index contributed by atoms with van der Waals surface area (Å²) in [5, 5.41) is 0. The third-order valence-electron chi connectivity index (χ3n) is 6.22. The summed E-state index contributed by atoms with van der Waals surface area (Å²) in [5.74, 6) is -2.85. The molecular formula is C33H52O13. The van der Waals surface area contributed by atoms with Crippen molar-refractivity contribution < 1.29 is 62.0 Å².